The molecular formula is C12H23N3O3. The Kier molecular flexibility index (Phi) is 5.40. The predicted octanol–water partition coefficient (Wildman–Crippen LogP) is 0.236. The minimum atomic E-state index is -0.567. The Morgan fingerprint density at radius 2 is 2.22 bits per heavy atom. The molecule has 1 saturated heterocycles. The zero-order valence-electron chi connectivity index (χ0n) is 11.0. The van der Waals surface area contributed by atoms with Crippen LogP contribution in [0.4, 0.5) is 0 Å². The fourth-order valence-electron chi connectivity index (χ4n) is 2.46. The first kappa shape index (κ1) is 14.8. The number of likely N-dealkylation sites (tertiary alicyclic amines) is 1. The van der Waals surface area contributed by atoms with Gasteiger partial charge in [-0.05, 0) is 24.7 Å². The van der Waals surface area contributed by atoms with Gasteiger partial charge in [-0.2, -0.15) is 0 Å². The molecule has 1 aliphatic rings. The number of amidine groups is 1. The van der Waals surface area contributed by atoms with Gasteiger partial charge in [0.1, 0.15) is 5.92 Å². The van der Waals surface area contributed by atoms with Gasteiger partial charge in [-0.25, -0.2) is 0 Å². The van der Waals surface area contributed by atoms with Crippen molar-refractivity contribution in [2.45, 2.75) is 26.7 Å². The number of nitrogens with two attached hydrogens (primary N) is 1. The van der Waals surface area contributed by atoms with Crippen LogP contribution in [-0.4, -0.2) is 46.7 Å². The standard InChI is InChI=1S/C12H23N3O3/c1-8(2)10(11(13)14-18)12(17)15-5-3-9(7-15)4-6-16/h8-10,16,18H,3-7H2,1-2H3,(H2,13,14). The zero-order valence-corrected chi connectivity index (χ0v) is 11.0. The monoisotopic (exact) mass is 257 g/mol. The van der Waals surface area contributed by atoms with Crippen LogP contribution in [0.25, 0.3) is 0 Å². The number of carbonyl (C=O) groups is 1. The summed E-state index contributed by atoms with van der Waals surface area (Å²) >= 11 is 0. The first-order valence-electron chi connectivity index (χ1n) is 6.38. The van der Waals surface area contributed by atoms with Crippen molar-refractivity contribution in [3.8, 4) is 0 Å². The second-order valence-electron chi connectivity index (χ2n) is 5.20. The highest BCUT2D eigenvalue weighted by atomic mass is 16.4. The summed E-state index contributed by atoms with van der Waals surface area (Å²) in [4.78, 5) is 14.1. The Labute approximate surface area is 107 Å². The lowest BCUT2D eigenvalue weighted by Crippen LogP contribution is -2.43. The van der Waals surface area contributed by atoms with E-state index in [-0.39, 0.29) is 24.3 Å². The Morgan fingerprint density at radius 1 is 1.56 bits per heavy atom. The van der Waals surface area contributed by atoms with E-state index in [1.165, 1.54) is 0 Å². The SMILES string of the molecule is CC(C)C(C(=O)N1CCC(CCO)C1)C(N)=NO. The molecule has 0 aromatic rings. The molecule has 1 amide bonds. The van der Waals surface area contributed by atoms with Crippen molar-refractivity contribution in [2.75, 3.05) is 19.7 Å². The summed E-state index contributed by atoms with van der Waals surface area (Å²) in [6.45, 7) is 5.25. The number of hydrogen-bond acceptors (Lipinski definition) is 4. The van der Waals surface area contributed by atoms with Crippen LogP contribution in [0, 0.1) is 17.8 Å². The van der Waals surface area contributed by atoms with Crippen molar-refractivity contribution in [1.29, 1.82) is 0 Å². The quantitative estimate of drug-likeness (QED) is 0.284. The molecule has 1 aliphatic heterocycles. The van der Waals surface area contributed by atoms with Crippen molar-refractivity contribution in [3.63, 3.8) is 0 Å². The number of aliphatic hydroxyl groups is 1. The molecule has 0 bridgehead atoms. The molecule has 6 nitrogen and oxygen atoms in total. The highest BCUT2D eigenvalue weighted by Gasteiger charge is 2.34. The number of amides is 1. The van der Waals surface area contributed by atoms with Crippen LogP contribution in [-0.2, 0) is 4.79 Å². The van der Waals surface area contributed by atoms with E-state index in [4.69, 9.17) is 16.0 Å². The number of hydrogen-bond donors (Lipinski definition) is 3. The van der Waals surface area contributed by atoms with Gasteiger partial charge in [0.2, 0.25) is 5.91 Å². The van der Waals surface area contributed by atoms with Crippen LogP contribution < -0.4 is 5.73 Å². The normalized spacial score (nSPS) is 22.6. The Balaban J connectivity index is 2.68. The predicted molar refractivity (Wildman–Crippen MR) is 68.1 cm³/mol. The number of rotatable bonds is 5. The third-order valence-electron chi connectivity index (χ3n) is 3.50. The molecule has 104 valence electrons. The zero-order chi connectivity index (χ0) is 13.7. The molecule has 1 heterocycles. The van der Waals surface area contributed by atoms with Gasteiger partial charge in [-0.3, -0.25) is 4.79 Å². The molecule has 18 heavy (non-hydrogen) atoms. The minimum Gasteiger partial charge on any atom is -0.409 e. The molecule has 0 aromatic carbocycles. The van der Waals surface area contributed by atoms with Crippen molar-refractivity contribution in [2.24, 2.45) is 28.6 Å². The van der Waals surface area contributed by atoms with E-state index in [2.05, 4.69) is 5.16 Å². The van der Waals surface area contributed by atoms with Gasteiger partial charge in [0.15, 0.2) is 5.84 Å². The molecular weight excluding hydrogens is 234 g/mol. The summed E-state index contributed by atoms with van der Waals surface area (Å²) in [6, 6.07) is 0. The van der Waals surface area contributed by atoms with E-state index < -0.39 is 5.92 Å². The maximum Gasteiger partial charge on any atom is 0.233 e. The average molecular weight is 257 g/mol. The molecule has 0 aliphatic carbocycles. The van der Waals surface area contributed by atoms with Crippen molar-refractivity contribution >= 4 is 11.7 Å². The van der Waals surface area contributed by atoms with Crippen molar-refractivity contribution < 1.29 is 15.1 Å². The van der Waals surface area contributed by atoms with E-state index in [1.54, 1.807) is 4.90 Å². The number of carbonyl (C=O) groups excluding carboxylic acids is 1. The van der Waals surface area contributed by atoms with E-state index in [9.17, 15) is 4.79 Å². The number of aliphatic hydroxyl groups excluding tert-OH is 1. The summed E-state index contributed by atoms with van der Waals surface area (Å²) in [5.74, 6) is -0.325. The molecule has 2 atom stereocenters. The molecule has 1 fully saturated rings. The summed E-state index contributed by atoms with van der Waals surface area (Å²) in [6.07, 6.45) is 1.63. The third-order valence-corrected chi connectivity index (χ3v) is 3.50. The lowest BCUT2D eigenvalue weighted by molar-refractivity contribution is -0.133. The van der Waals surface area contributed by atoms with Gasteiger partial charge in [0.25, 0.3) is 0 Å². The van der Waals surface area contributed by atoms with E-state index in [1.807, 2.05) is 13.8 Å². The summed E-state index contributed by atoms with van der Waals surface area (Å²) in [7, 11) is 0. The van der Waals surface area contributed by atoms with Crippen molar-refractivity contribution in [1.82, 2.24) is 4.90 Å². The lowest BCUT2D eigenvalue weighted by atomic mass is 9.93. The van der Waals surface area contributed by atoms with Gasteiger partial charge >= 0.3 is 0 Å². The van der Waals surface area contributed by atoms with E-state index >= 15 is 0 Å². The van der Waals surface area contributed by atoms with Crippen LogP contribution in [0.15, 0.2) is 5.16 Å². The fourth-order valence-corrected chi connectivity index (χ4v) is 2.46. The average Bonchev–Trinajstić information content (AvgIpc) is 2.77. The molecule has 0 spiro atoms. The Morgan fingerprint density at radius 3 is 2.72 bits per heavy atom. The topological polar surface area (TPSA) is 99.2 Å². The molecule has 0 saturated carbocycles. The van der Waals surface area contributed by atoms with Gasteiger partial charge in [-0.15, -0.1) is 0 Å². The van der Waals surface area contributed by atoms with Crippen LogP contribution in [0.1, 0.15) is 26.7 Å². The third kappa shape index (κ3) is 3.35. The Bertz CT molecular complexity index is 318. The molecule has 2 unspecified atom stereocenters. The van der Waals surface area contributed by atoms with Gasteiger partial charge in [-0.1, -0.05) is 19.0 Å². The van der Waals surface area contributed by atoms with Crippen LogP contribution in [0.5, 0.6) is 0 Å². The maximum atomic E-state index is 12.3. The lowest BCUT2D eigenvalue weighted by Gasteiger charge is -2.25. The fraction of sp³-hybridized carbons (Fsp3) is 0.833. The molecule has 4 N–H and O–H groups in total. The van der Waals surface area contributed by atoms with E-state index in [0.29, 0.717) is 19.0 Å². The number of nitrogens with zero attached hydrogens (tertiary/aromatic N) is 2. The number of oxime groups is 1. The smallest absolute Gasteiger partial charge is 0.233 e. The minimum absolute atomic E-state index is 0.00899. The molecule has 6 heteroatoms. The van der Waals surface area contributed by atoms with Crippen LogP contribution >= 0.6 is 0 Å². The van der Waals surface area contributed by atoms with E-state index in [0.717, 1.165) is 12.8 Å². The van der Waals surface area contributed by atoms with Gasteiger partial charge in [0.05, 0.1) is 0 Å². The van der Waals surface area contributed by atoms with Crippen molar-refractivity contribution in [3.05, 3.63) is 0 Å². The molecule has 0 radical (unpaired) electrons. The van der Waals surface area contributed by atoms with Crippen LogP contribution in [0.2, 0.25) is 0 Å². The summed E-state index contributed by atoms with van der Waals surface area (Å²) in [5.41, 5.74) is 5.59. The largest absolute Gasteiger partial charge is 0.409 e. The first-order valence-corrected chi connectivity index (χ1v) is 6.38. The van der Waals surface area contributed by atoms with Gasteiger partial charge in [0, 0.05) is 19.7 Å². The highest BCUT2D eigenvalue weighted by Crippen LogP contribution is 2.23. The first-order chi connectivity index (χ1) is 8.51. The molecule has 1 rings (SSSR count). The molecule has 0 aromatic heterocycles. The maximum absolute atomic E-state index is 12.3. The summed E-state index contributed by atoms with van der Waals surface area (Å²) < 4.78 is 0. The second kappa shape index (κ2) is 6.58. The Hall–Kier alpha value is -1.30. The highest BCUT2D eigenvalue weighted by molar-refractivity contribution is 6.02. The summed E-state index contributed by atoms with van der Waals surface area (Å²) in [5, 5.41) is 20.6. The van der Waals surface area contributed by atoms with Gasteiger partial charge < -0.3 is 20.9 Å². The van der Waals surface area contributed by atoms with Crippen LogP contribution in [0.3, 0.4) is 0 Å². The second-order valence-corrected chi connectivity index (χ2v) is 5.20.